The van der Waals surface area contributed by atoms with Crippen molar-refractivity contribution >= 4 is 11.9 Å². The van der Waals surface area contributed by atoms with Crippen LogP contribution >= 0.6 is 0 Å². The van der Waals surface area contributed by atoms with Crippen molar-refractivity contribution in [3.8, 4) is 0 Å². The molecule has 1 aliphatic rings. The Labute approximate surface area is 112 Å². The topological polar surface area (TPSA) is 66.4 Å². The molecule has 0 saturated carbocycles. The lowest BCUT2D eigenvalue weighted by molar-refractivity contribution is -0.133. The van der Waals surface area contributed by atoms with E-state index in [1.165, 1.54) is 0 Å². The van der Waals surface area contributed by atoms with Crippen LogP contribution in [0.2, 0.25) is 0 Å². The summed E-state index contributed by atoms with van der Waals surface area (Å²) in [6.07, 6.45) is 2.77. The minimum atomic E-state index is -0.968. The first-order valence-corrected chi connectivity index (χ1v) is 6.46. The first-order valence-electron chi connectivity index (χ1n) is 6.46. The zero-order valence-corrected chi connectivity index (χ0v) is 10.7. The number of carboxylic acids is 1. The molecule has 0 unspecified atom stereocenters. The number of hydrogen-bond donors (Lipinski definition) is 2. The second-order valence-electron chi connectivity index (χ2n) is 4.64. The molecule has 4 heteroatoms. The number of carbonyl (C=O) groups excluding carboxylic acids is 1. The number of nitrogens with one attached hydrogen (secondary N) is 1. The normalized spacial score (nSPS) is 15.2. The maximum Gasteiger partial charge on any atom is 0.332 e. The Balaban J connectivity index is 2.04. The fourth-order valence-corrected chi connectivity index (χ4v) is 2.28. The molecule has 0 aliphatic heterocycles. The zero-order chi connectivity index (χ0) is 13.7. The van der Waals surface area contributed by atoms with Crippen molar-refractivity contribution in [1.29, 1.82) is 0 Å². The lowest BCUT2D eigenvalue weighted by Gasteiger charge is -2.17. The van der Waals surface area contributed by atoms with E-state index in [2.05, 4.69) is 5.32 Å². The van der Waals surface area contributed by atoms with Crippen LogP contribution in [-0.2, 0) is 16.1 Å². The van der Waals surface area contributed by atoms with Gasteiger partial charge >= 0.3 is 5.97 Å². The minimum Gasteiger partial charge on any atom is -0.478 e. The maximum absolute atomic E-state index is 12.1. The van der Waals surface area contributed by atoms with E-state index >= 15 is 0 Å². The van der Waals surface area contributed by atoms with E-state index < -0.39 is 5.97 Å². The van der Waals surface area contributed by atoms with Gasteiger partial charge in [-0.25, -0.2) is 4.79 Å². The average molecular weight is 259 g/mol. The lowest BCUT2D eigenvalue weighted by Crippen LogP contribution is -2.27. The summed E-state index contributed by atoms with van der Waals surface area (Å²) >= 11 is 0. The van der Waals surface area contributed by atoms with Crippen LogP contribution in [-0.4, -0.2) is 17.0 Å². The van der Waals surface area contributed by atoms with Crippen LogP contribution < -0.4 is 5.32 Å². The van der Waals surface area contributed by atoms with Gasteiger partial charge in [-0.15, -0.1) is 0 Å². The smallest absolute Gasteiger partial charge is 0.332 e. The number of aliphatic carboxylic acids is 1. The summed E-state index contributed by atoms with van der Waals surface area (Å²) in [7, 11) is 0. The van der Waals surface area contributed by atoms with Crippen LogP contribution in [0.15, 0.2) is 41.5 Å². The number of carboxylic acid groups (broad SMARTS) is 1. The van der Waals surface area contributed by atoms with Crippen LogP contribution in [0.3, 0.4) is 0 Å². The van der Waals surface area contributed by atoms with Gasteiger partial charge in [0, 0.05) is 17.7 Å². The molecule has 1 aromatic rings. The fraction of sp³-hybridized carbons (Fsp3) is 0.333. The quantitative estimate of drug-likeness (QED) is 0.871. The van der Waals surface area contributed by atoms with Gasteiger partial charge < -0.3 is 10.4 Å². The van der Waals surface area contributed by atoms with E-state index in [-0.39, 0.29) is 11.5 Å². The molecule has 0 bridgehead atoms. The van der Waals surface area contributed by atoms with Crippen molar-refractivity contribution in [3.63, 3.8) is 0 Å². The molecule has 2 rings (SSSR count). The van der Waals surface area contributed by atoms with E-state index in [0.29, 0.717) is 25.0 Å². The SMILES string of the molecule is O=C(O)C1=C(C(=O)NCc2ccccc2)CCCC1. The van der Waals surface area contributed by atoms with Crippen molar-refractivity contribution < 1.29 is 14.7 Å². The molecule has 1 amide bonds. The molecule has 0 fully saturated rings. The molecule has 1 aliphatic carbocycles. The fourth-order valence-electron chi connectivity index (χ4n) is 2.28. The van der Waals surface area contributed by atoms with Gasteiger partial charge in [-0.1, -0.05) is 30.3 Å². The summed E-state index contributed by atoms with van der Waals surface area (Å²) in [5.41, 5.74) is 1.72. The largest absolute Gasteiger partial charge is 0.478 e. The molecule has 0 spiro atoms. The molecule has 1 aromatic carbocycles. The van der Waals surface area contributed by atoms with Gasteiger partial charge in [0.1, 0.15) is 0 Å². The molecule has 2 N–H and O–H groups in total. The predicted molar refractivity (Wildman–Crippen MR) is 71.4 cm³/mol. The van der Waals surface area contributed by atoms with E-state index in [9.17, 15) is 9.59 Å². The monoisotopic (exact) mass is 259 g/mol. The van der Waals surface area contributed by atoms with Crippen molar-refractivity contribution in [3.05, 3.63) is 47.0 Å². The van der Waals surface area contributed by atoms with E-state index in [4.69, 9.17) is 5.11 Å². The highest BCUT2D eigenvalue weighted by atomic mass is 16.4. The third-order valence-electron chi connectivity index (χ3n) is 3.30. The number of carbonyl (C=O) groups is 2. The van der Waals surface area contributed by atoms with Crippen molar-refractivity contribution in [2.45, 2.75) is 32.2 Å². The van der Waals surface area contributed by atoms with Crippen LogP contribution in [0.25, 0.3) is 0 Å². The molecule has 0 atom stereocenters. The first-order chi connectivity index (χ1) is 9.18. The molecule has 0 saturated heterocycles. The van der Waals surface area contributed by atoms with Crippen LogP contribution in [0.4, 0.5) is 0 Å². The van der Waals surface area contributed by atoms with Gasteiger partial charge in [-0.3, -0.25) is 4.79 Å². The van der Waals surface area contributed by atoms with Crippen LogP contribution in [0.1, 0.15) is 31.2 Å². The molecular formula is C15H17NO3. The van der Waals surface area contributed by atoms with Crippen LogP contribution in [0, 0.1) is 0 Å². The Hall–Kier alpha value is -2.10. The first kappa shape index (κ1) is 13.3. The highest BCUT2D eigenvalue weighted by molar-refractivity contribution is 6.02. The molecular weight excluding hydrogens is 242 g/mol. The second kappa shape index (κ2) is 6.18. The van der Waals surface area contributed by atoms with Gasteiger partial charge in [0.05, 0.1) is 0 Å². The Kier molecular flexibility index (Phi) is 4.34. The summed E-state index contributed by atoms with van der Waals surface area (Å²) in [5, 5.41) is 11.9. The molecule has 0 aromatic heterocycles. The van der Waals surface area contributed by atoms with E-state index in [0.717, 1.165) is 18.4 Å². The Morgan fingerprint density at radius 2 is 1.68 bits per heavy atom. The maximum atomic E-state index is 12.1. The van der Waals surface area contributed by atoms with Gasteiger partial charge in [0.2, 0.25) is 5.91 Å². The molecule has 100 valence electrons. The number of benzene rings is 1. The summed E-state index contributed by atoms with van der Waals surface area (Å²) in [5.74, 6) is -1.22. The molecule has 4 nitrogen and oxygen atoms in total. The van der Waals surface area contributed by atoms with Gasteiger partial charge in [0.15, 0.2) is 0 Å². The van der Waals surface area contributed by atoms with E-state index in [1.807, 2.05) is 30.3 Å². The highest BCUT2D eigenvalue weighted by Gasteiger charge is 2.23. The highest BCUT2D eigenvalue weighted by Crippen LogP contribution is 2.25. The zero-order valence-electron chi connectivity index (χ0n) is 10.7. The lowest BCUT2D eigenvalue weighted by atomic mass is 9.91. The number of rotatable bonds is 4. The van der Waals surface area contributed by atoms with E-state index in [1.54, 1.807) is 0 Å². The summed E-state index contributed by atoms with van der Waals surface area (Å²) < 4.78 is 0. The minimum absolute atomic E-state index is 0.249. The average Bonchev–Trinajstić information content (AvgIpc) is 2.46. The van der Waals surface area contributed by atoms with Gasteiger partial charge in [-0.2, -0.15) is 0 Å². The Morgan fingerprint density at radius 1 is 1.05 bits per heavy atom. The van der Waals surface area contributed by atoms with Crippen LogP contribution in [0.5, 0.6) is 0 Å². The van der Waals surface area contributed by atoms with Crippen molar-refractivity contribution in [2.24, 2.45) is 0 Å². The summed E-state index contributed by atoms with van der Waals surface area (Å²) in [4.78, 5) is 23.2. The third kappa shape index (κ3) is 3.44. The molecule has 0 radical (unpaired) electrons. The number of amides is 1. The molecule has 19 heavy (non-hydrogen) atoms. The Bertz CT molecular complexity index is 505. The Morgan fingerprint density at radius 3 is 2.32 bits per heavy atom. The van der Waals surface area contributed by atoms with Crippen molar-refractivity contribution in [1.82, 2.24) is 5.32 Å². The standard InChI is InChI=1S/C15H17NO3/c17-14(16-10-11-6-2-1-3-7-11)12-8-4-5-9-13(12)15(18)19/h1-3,6-7H,4-5,8-10H2,(H,16,17)(H,18,19). The number of hydrogen-bond acceptors (Lipinski definition) is 2. The van der Waals surface area contributed by atoms with Crippen molar-refractivity contribution in [2.75, 3.05) is 0 Å². The van der Waals surface area contributed by atoms with Gasteiger partial charge in [0.25, 0.3) is 0 Å². The molecule has 0 heterocycles. The summed E-state index contributed by atoms with van der Waals surface area (Å²) in [6, 6.07) is 9.58. The second-order valence-corrected chi connectivity index (χ2v) is 4.64. The predicted octanol–water partition coefficient (Wildman–Crippen LogP) is 2.26. The summed E-state index contributed by atoms with van der Waals surface area (Å²) in [6.45, 7) is 0.427. The van der Waals surface area contributed by atoms with Gasteiger partial charge in [-0.05, 0) is 31.2 Å². The third-order valence-corrected chi connectivity index (χ3v) is 3.30.